The SMILES string of the molecule is NCCCCC(=O)N1CCN(C(=O)c2ccccc2)CC1. The average molecular weight is 289 g/mol. The second-order valence-electron chi connectivity index (χ2n) is 5.28. The number of nitrogens with zero attached hydrogens (tertiary/aromatic N) is 2. The summed E-state index contributed by atoms with van der Waals surface area (Å²) in [4.78, 5) is 28.0. The molecule has 1 aliphatic heterocycles. The van der Waals surface area contributed by atoms with Gasteiger partial charge in [0.2, 0.25) is 5.91 Å². The topological polar surface area (TPSA) is 66.6 Å². The van der Waals surface area contributed by atoms with Gasteiger partial charge in [0.25, 0.3) is 5.91 Å². The smallest absolute Gasteiger partial charge is 0.253 e. The number of unbranched alkanes of at least 4 members (excludes halogenated alkanes) is 1. The number of amides is 2. The van der Waals surface area contributed by atoms with E-state index in [1.807, 2.05) is 40.1 Å². The first kappa shape index (κ1) is 15.5. The van der Waals surface area contributed by atoms with Crippen LogP contribution in [0.3, 0.4) is 0 Å². The van der Waals surface area contributed by atoms with Gasteiger partial charge in [-0.15, -0.1) is 0 Å². The van der Waals surface area contributed by atoms with Crippen molar-refractivity contribution in [1.29, 1.82) is 0 Å². The number of piperazine rings is 1. The first-order valence-corrected chi connectivity index (χ1v) is 7.54. The third-order valence-corrected chi connectivity index (χ3v) is 3.79. The normalized spacial score (nSPS) is 15.1. The molecule has 0 spiro atoms. The van der Waals surface area contributed by atoms with Gasteiger partial charge in [0.15, 0.2) is 0 Å². The molecule has 0 radical (unpaired) electrons. The molecule has 0 saturated carbocycles. The Kier molecular flexibility index (Phi) is 5.75. The van der Waals surface area contributed by atoms with E-state index in [0.29, 0.717) is 44.7 Å². The molecule has 0 atom stereocenters. The fourth-order valence-corrected chi connectivity index (χ4v) is 2.50. The van der Waals surface area contributed by atoms with Gasteiger partial charge in [0.1, 0.15) is 0 Å². The van der Waals surface area contributed by atoms with Gasteiger partial charge in [0.05, 0.1) is 0 Å². The number of hydrogen-bond acceptors (Lipinski definition) is 3. The number of carbonyl (C=O) groups excluding carboxylic acids is 2. The summed E-state index contributed by atoms with van der Waals surface area (Å²) >= 11 is 0. The van der Waals surface area contributed by atoms with Crippen LogP contribution >= 0.6 is 0 Å². The molecule has 21 heavy (non-hydrogen) atoms. The number of rotatable bonds is 5. The monoisotopic (exact) mass is 289 g/mol. The van der Waals surface area contributed by atoms with E-state index in [4.69, 9.17) is 5.73 Å². The van der Waals surface area contributed by atoms with Crippen LogP contribution in [0.2, 0.25) is 0 Å². The lowest BCUT2D eigenvalue weighted by atomic mass is 10.1. The Bertz CT molecular complexity index is 468. The van der Waals surface area contributed by atoms with Crippen molar-refractivity contribution in [2.45, 2.75) is 19.3 Å². The minimum Gasteiger partial charge on any atom is -0.339 e. The average Bonchev–Trinajstić information content (AvgIpc) is 2.55. The molecule has 0 bridgehead atoms. The molecule has 2 N–H and O–H groups in total. The van der Waals surface area contributed by atoms with Crippen molar-refractivity contribution in [3.63, 3.8) is 0 Å². The molecule has 0 aliphatic carbocycles. The van der Waals surface area contributed by atoms with Gasteiger partial charge in [-0.05, 0) is 31.5 Å². The molecule has 2 amide bonds. The van der Waals surface area contributed by atoms with Crippen molar-refractivity contribution < 1.29 is 9.59 Å². The van der Waals surface area contributed by atoms with Crippen LogP contribution < -0.4 is 5.73 Å². The Morgan fingerprint density at radius 1 is 0.952 bits per heavy atom. The molecule has 1 aliphatic rings. The maximum absolute atomic E-state index is 12.3. The zero-order valence-corrected chi connectivity index (χ0v) is 12.3. The molecular weight excluding hydrogens is 266 g/mol. The molecule has 1 saturated heterocycles. The highest BCUT2D eigenvalue weighted by Gasteiger charge is 2.24. The Morgan fingerprint density at radius 3 is 2.19 bits per heavy atom. The molecular formula is C16H23N3O2. The summed E-state index contributed by atoms with van der Waals surface area (Å²) in [5, 5.41) is 0. The Balaban J connectivity index is 1.80. The lowest BCUT2D eigenvalue weighted by molar-refractivity contribution is -0.132. The first-order chi connectivity index (χ1) is 10.2. The summed E-state index contributed by atoms with van der Waals surface area (Å²) in [5.41, 5.74) is 6.14. The molecule has 114 valence electrons. The van der Waals surface area contributed by atoms with Crippen molar-refractivity contribution in [1.82, 2.24) is 9.80 Å². The zero-order chi connectivity index (χ0) is 15.1. The lowest BCUT2D eigenvalue weighted by Crippen LogP contribution is -2.50. The van der Waals surface area contributed by atoms with Crippen molar-refractivity contribution in [2.75, 3.05) is 32.7 Å². The number of carbonyl (C=O) groups is 2. The molecule has 1 aromatic rings. The Hall–Kier alpha value is -1.88. The van der Waals surface area contributed by atoms with Crippen molar-refractivity contribution >= 4 is 11.8 Å². The van der Waals surface area contributed by atoms with E-state index in [-0.39, 0.29) is 11.8 Å². The van der Waals surface area contributed by atoms with E-state index < -0.39 is 0 Å². The van der Waals surface area contributed by atoms with Gasteiger partial charge in [0, 0.05) is 38.2 Å². The van der Waals surface area contributed by atoms with Crippen molar-refractivity contribution in [3.05, 3.63) is 35.9 Å². The summed E-state index contributed by atoms with van der Waals surface area (Å²) in [6.07, 6.45) is 2.29. The van der Waals surface area contributed by atoms with Gasteiger partial charge in [-0.1, -0.05) is 18.2 Å². The Labute approximate surface area is 125 Å². The van der Waals surface area contributed by atoms with Crippen LogP contribution in [0.15, 0.2) is 30.3 Å². The van der Waals surface area contributed by atoms with Gasteiger partial charge < -0.3 is 15.5 Å². The van der Waals surface area contributed by atoms with Crippen LogP contribution in [-0.2, 0) is 4.79 Å². The van der Waals surface area contributed by atoms with Crippen LogP contribution in [0.4, 0.5) is 0 Å². The van der Waals surface area contributed by atoms with Gasteiger partial charge in [-0.2, -0.15) is 0 Å². The second kappa shape index (κ2) is 7.78. The van der Waals surface area contributed by atoms with Gasteiger partial charge in [-0.3, -0.25) is 9.59 Å². The maximum atomic E-state index is 12.3. The molecule has 5 heteroatoms. The molecule has 2 rings (SSSR count). The molecule has 1 fully saturated rings. The number of nitrogens with two attached hydrogens (primary N) is 1. The quantitative estimate of drug-likeness (QED) is 0.825. The third-order valence-electron chi connectivity index (χ3n) is 3.79. The summed E-state index contributed by atoms with van der Waals surface area (Å²) in [7, 11) is 0. The van der Waals surface area contributed by atoms with E-state index in [0.717, 1.165) is 12.8 Å². The van der Waals surface area contributed by atoms with Crippen LogP contribution in [0, 0.1) is 0 Å². The van der Waals surface area contributed by atoms with Gasteiger partial charge in [-0.25, -0.2) is 0 Å². The molecule has 0 unspecified atom stereocenters. The van der Waals surface area contributed by atoms with E-state index in [9.17, 15) is 9.59 Å². The fraction of sp³-hybridized carbons (Fsp3) is 0.500. The standard InChI is InChI=1S/C16H23N3O2/c17-9-5-4-8-15(20)18-10-12-19(13-11-18)16(21)14-6-2-1-3-7-14/h1-3,6-7H,4-5,8-13,17H2. The summed E-state index contributed by atoms with van der Waals surface area (Å²) < 4.78 is 0. The zero-order valence-electron chi connectivity index (χ0n) is 12.3. The maximum Gasteiger partial charge on any atom is 0.253 e. The minimum absolute atomic E-state index is 0.0471. The molecule has 0 aromatic heterocycles. The van der Waals surface area contributed by atoms with Crippen molar-refractivity contribution in [3.8, 4) is 0 Å². The van der Waals surface area contributed by atoms with Crippen LogP contribution in [-0.4, -0.2) is 54.3 Å². The summed E-state index contributed by atoms with van der Waals surface area (Å²) in [6, 6.07) is 9.28. The van der Waals surface area contributed by atoms with Crippen LogP contribution in [0.25, 0.3) is 0 Å². The Morgan fingerprint density at radius 2 is 1.57 bits per heavy atom. The fourth-order valence-electron chi connectivity index (χ4n) is 2.50. The summed E-state index contributed by atoms with van der Waals surface area (Å²) in [6.45, 7) is 3.10. The van der Waals surface area contributed by atoms with Gasteiger partial charge >= 0.3 is 0 Å². The first-order valence-electron chi connectivity index (χ1n) is 7.54. The highest BCUT2D eigenvalue weighted by Crippen LogP contribution is 2.10. The minimum atomic E-state index is 0.0471. The second-order valence-corrected chi connectivity index (χ2v) is 5.28. The number of hydrogen-bond donors (Lipinski definition) is 1. The third kappa shape index (κ3) is 4.29. The van der Waals surface area contributed by atoms with Crippen LogP contribution in [0.5, 0.6) is 0 Å². The van der Waals surface area contributed by atoms with E-state index in [2.05, 4.69) is 0 Å². The largest absolute Gasteiger partial charge is 0.339 e. The molecule has 1 aromatic carbocycles. The van der Waals surface area contributed by atoms with Crippen molar-refractivity contribution in [2.24, 2.45) is 5.73 Å². The highest BCUT2D eigenvalue weighted by atomic mass is 16.2. The molecule has 1 heterocycles. The van der Waals surface area contributed by atoms with E-state index in [1.54, 1.807) is 0 Å². The predicted molar refractivity (Wildman–Crippen MR) is 81.8 cm³/mol. The summed E-state index contributed by atoms with van der Waals surface area (Å²) in [5.74, 6) is 0.223. The lowest BCUT2D eigenvalue weighted by Gasteiger charge is -2.35. The van der Waals surface area contributed by atoms with E-state index in [1.165, 1.54) is 0 Å². The van der Waals surface area contributed by atoms with Crippen LogP contribution in [0.1, 0.15) is 29.6 Å². The predicted octanol–water partition coefficient (Wildman–Crippen LogP) is 1.10. The molecule has 5 nitrogen and oxygen atoms in total. The number of benzene rings is 1. The van der Waals surface area contributed by atoms with E-state index >= 15 is 0 Å². The highest BCUT2D eigenvalue weighted by molar-refractivity contribution is 5.94.